The largest absolute Gasteiger partial charge is 0.383 e. The molecule has 142 valence electrons. The number of ether oxygens (including phenoxy) is 1. The molecule has 0 saturated heterocycles. The maximum absolute atomic E-state index is 11.7. The van der Waals surface area contributed by atoms with E-state index < -0.39 is 0 Å². The number of aliphatic imine (C=N–C) groups is 1. The van der Waals surface area contributed by atoms with Crippen LogP contribution in [0.4, 0.5) is 5.69 Å². The summed E-state index contributed by atoms with van der Waals surface area (Å²) in [5.74, 6) is 0.795. The maximum atomic E-state index is 11.7. The first-order valence-corrected chi connectivity index (χ1v) is 8.51. The predicted octanol–water partition coefficient (Wildman–Crippen LogP) is 3.13. The quantitative estimate of drug-likeness (QED) is 0.300. The van der Waals surface area contributed by atoms with Crippen LogP contribution in [0, 0.1) is 0 Å². The van der Waals surface area contributed by atoms with E-state index in [1.165, 1.54) is 0 Å². The minimum absolute atomic E-state index is 0. The fourth-order valence-electron chi connectivity index (χ4n) is 2.21. The van der Waals surface area contributed by atoms with Crippen LogP contribution in [0.15, 0.2) is 29.3 Å². The standard InChI is InChI=1S/C18H30N4O2.HI/c1-5-8-17(23)22-16-10-7-9-15(11-16)12-20-18(19-6-2)21-14(3)13-24-4;/h7,9-11,14H,5-6,8,12-13H2,1-4H3,(H,22,23)(H2,19,20,21);1H. The number of anilines is 1. The molecule has 0 saturated carbocycles. The van der Waals surface area contributed by atoms with Gasteiger partial charge >= 0.3 is 0 Å². The van der Waals surface area contributed by atoms with E-state index in [-0.39, 0.29) is 35.9 Å². The summed E-state index contributed by atoms with van der Waals surface area (Å²) in [4.78, 5) is 16.3. The number of nitrogens with zero attached hydrogens (tertiary/aromatic N) is 1. The van der Waals surface area contributed by atoms with Crippen molar-refractivity contribution in [2.24, 2.45) is 4.99 Å². The zero-order valence-corrected chi connectivity index (χ0v) is 17.9. The van der Waals surface area contributed by atoms with Crippen molar-refractivity contribution in [1.29, 1.82) is 0 Å². The minimum Gasteiger partial charge on any atom is -0.383 e. The smallest absolute Gasteiger partial charge is 0.224 e. The van der Waals surface area contributed by atoms with E-state index in [9.17, 15) is 4.79 Å². The van der Waals surface area contributed by atoms with Crippen molar-refractivity contribution in [3.8, 4) is 0 Å². The van der Waals surface area contributed by atoms with Crippen molar-refractivity contribution in [2.75, 3.05) is 25.6 Å². The summed E-state index contributed by atoms with van der Waals surface area (Å²) >= 11 is 0. The molecule has 0 radical (unpaired) electrons. The Balaban J connectivity index is 0.00000576. The molecule has 0 aliphatic carbocycles. The van der Waals surface area contributed by atoms with Gasteiger partial charge in [0, 0.05) is 31.8 Å². The van der Waals surface area contributed by atoms with E-state index in [1.54, 1.807) is 7.11 Å². The summed E-state index contributed by atoms with van der Waals surface area (Å²) in [6, 6.07) is 7.96. The van der Waals surface area contributed by atoms with Crippen molar-refractivity contribution in [3.63, 3.8) is 0 Å². The molecule has 1 unspecified atom stereocenters. The molecule has 0 fully saturated rings. The Morgan fingerprint density at radius 3 is 2.72 bits per heavy atom. The number of amides is 1. The Morgan fingerprint density at radius 1 is 1.32 bits per heavy atom. The lowest BCUT2D eigenvalue weighted by Crippen LogP contribution is -2.43. The van der Waals surface area contributed by atoms with Gasteiger partial charge in [-0.05, 0) is 38.0 Å². The number of guanidine groups is 1. The molecular formula is C18H31IN4O2. The van der Waals surface area contributed by atoms with Gasteiger partial charge in [0.25, 0.3) is 0 Å². The average molecular weight is 462 g/mol. The second kappa shape index (κ2) is 13.9. The number of carbonyl (C=O) groups is 1. The van der Waals surface area contributed by atoms with Gasteiger partial charge in [-0.2, -0.15) is 0 Å². The number of rotatable bonds is 9. The molecule has 1 amide bonds. The van der Waals surface area contributed by atoms with Crippen molar-refractivity contribution in [2.45, 2.75) is 46.2 Å². The monoisotopic (exact) mass is 462 g/mol. The number of halogens is 1. The Hall–Kier alpha value is -1.35. The van der Waals surface area contributed by atoms with E-state index in [2.05, 4.69) is 20.9 Å². The summed E-state index contributed by atoms with van der Waals surface area (Å²) in [5.41, 5.74) is 1.85. The van der Waals surface area contributed by atoms with E-state index in [1.807, 2.05) is 45.0 Å². The molecular weight excluding hydrogens is 431 g/mol. The van der Waals surface area contributed by atoms with Crippen molar-refractivity contribution in [3.05, 3.63) is 29.8 Å². The van der Waals surface area contributed by atoms with Gasteiger partial charge in [0.05, 0.1) is 13.2 Å². The van der Waals surface area contributed by atoms with Gasteiger partial charge in [0.1, 0.15) is 0 Å². The van der Waals surface area contributed by atoms with Crippen molar-refractivity contribution in [1.82, 2.24) is 10.6 Å². The Labute approximate surface area is 168 Å². The number of hydrogen-bond acceptors (Lipinski definition) is 3. The van der Waals surface area contributed by atoms with E-state index in [0.717, 1.165) is 30.2 Å². The van der Waals surface area contributed by atoms with Crippen LogP contribution in [-0.4, -0.2) is 38.2 Å². The topological polar surface area (TPSA) is 74.8 Å². The van der Waals surface area contributed by atoms with Crippen molar-refractivity contribution < 1.29 is 9.53 Å². The lowest BCUT2D eigenvalue weighted by molar-refractivity contribution is -0.116. The van der Waals surface area contributed by atoms with E-state index in [4.69, 9.17) is 4.74 Å². The molecule has 3 N–H and O–H groups in total. The van der Waals surface area contributed by atoms with Gasteiger partial charge in [0.2, 0.25) is 5.91 Å². The van der Waals surface area contributed by atoms with Crippen LogP contribution in [0.25, 0.3) is 0 Å². The number of methoxy groups -OCH3 is 1. The van der Waals surface area contributed by atoms with Crippen molar-refractivity contribution >= 4 is 41.5 Å². The second-order valence-corrected chi connectivity index (χ2v) is 5.69. The lowest BCUT2D eigenvalue weighted by Gasteiger charge is -2.17. The maximum Gasteiger partial charge on any atom is 0.224 e. The molecule has 0 spiro atoms. The molecule has 1 aromatic rings. The molecule has 25 heavy (non-hydrogen) atoms. The van der Waals surface area contributed by atoms with Crippen LogP contribution < -0.4 is 16.0 Å². The molecule has 7 heteroatoms. The van der Waals surface area contributed by atoms with Crippen LogP contribution in [0.5, 0.6) is 0 Å². The highest BCUT2D eigenvalue weighted by Crippen LogP contribution is 2.12. The molecule has 0 aromatic heterocycles. The van der Waals surface area contributed by atoms with Gasteiger partial charge < -0.3 is 20.7 Å². The third-order valence-electron chi connectivity index (χ3n) is 3.25. The lowest BCUT2D eigenvalue weighted by atomic mass is 10.2. The fraction of sp³-hybridized carbons (Fsp3) is 0.556. The Morgan fingerprint density at radius 2 is 2.08 bits per heavy atom. The highest BCUT2D eigenvalue weighted by molar-refractivity contribution is 14.0. The zero-order chi connectivity index (χ0) is 17.8. The summed E-state index contributed by atoms with van der Waals surface area (Å²) < 4.78 is 5.13. The Bertz CT molecular complexity index is 538. The summed E-state index contributed by atoms with van der Waals surface area (Å²) in [6.45, 7) is 8.00. The van der Waals surface area contributed by atoms with Gasteiger partial charge in [-0.25, -0.2) is 4.99 Å². The molecule has 1 atom stereocenters. The summed E-state index contributed by atoms with van der Waals surface area (Å²) in [6.07, 6.45) is 1.38. The number of hydrogen-bond donors (Lipinski definition) is 3. The molecule has 0 bridgehead atoms. The normalized spacial score (nSPS) is 12.1. The van der Waals surface area contributed by atoms with Gasteiger partial charge in [0.15, 0.2) is 5.96 Å². The Kier molecular flexibility index (Phi) is 13.1. The number of carbonyl (C=O) groups excluding carboxylic acids is 1. The first-order chi connectivity index (χ1) is 11.6. The van der Waals surface area contributed by atoms with Crippen LogP contribution >= 0.6 is 24.0 Å². The van der Waals surface area contributed by atoms with Gasteiger partial charge in [-0.3, -0.25) is 4.79 Å². The van der Waals surface area contributed by atoms with Gasteiger partial charge in [-0.15, -0.1) is 24.0 Å². The molecule has 1 aromatic carbocycles. The number of benzene rings is 1. The second-order valence-electron chi connectivity index (χ2n) is 5.69. The van der Waals surface area contributed by atoms with Crippen LogP contribution in [0.1, 0.15) is 39.2 Å². The van der Waals surface area contributed by atoms with E-state index in [0.29, 0.717) is 19.6 Å². The third kappa shape index (κ3) is 10.3. The van der Waals surface area contributed by atoms with Crippen LogP contribution in [-0.2, 0) is 16.1 Å². The zero-order valence-electron chi connectivity index (χ0n) is 15.6. The molecule has 6 nitrogen and oxygen atoms in total. The summed E-state index contributed by atoms with van der Waals surface area (Å²) in [7, 11) is 1.68. The average Bonchev–Trinajstić information content (AvgIpc) is 2.53. The van der Waals surface area contributed by atoms with Crippen LogP contribution in [0.2, 0.25) is 0 Å². The summed E-state index contributed by atoms with van der Waals surface area (Å²) in [5, 5.41) is 9.43. The first-order valence-electron chi connectivity index (χ1n) is 8.51. The fourth-order valence-corrected chi connectivity index (χ4v) is 2.21. The molecule has 1 rings (SSSR count). The highest BCUT2D eigenvalue weighted by Gasteiger charge is 2.05. The van der Waals surface area contributed by atoms with E-state index >= 15 is 0 Å². The predicted molar refractivity (Wildman–Crippen MR) is 115 cm³/mol. The molecule has 0 aliphatic rings. The SMILES string of the molecule is CCCC(=O)Nc1cccc(CN=C(NCC)NC(C)COC)c1.I. The molecule has 0 aliphatic heterocycles. The van der Waals surface area contributed by atoms with Gasteiger partial charge in [-0.1, -0.05) is 19.1 Å². The van der Waals surface area contributed by atoms with Crippen LogP contribution in [0.3, 0.4) is 0 Å². The third-order valence-corrected chi connectivity index (χ3v) is 3.25. The molecule has 0 heterocycles. The minimum atomic E-state index is 0. The number of nitrogens with one attached hydrogen (secondary N) is 3. The first kappa shape index (κ1) is 23.6. The highest BCUT2D eigenvalue weighted by atomic mass is 127.